The molecule has 1 unspecified atom stereocenters. The molecule has 2 atom stereocenters. The van der Waals surface area contributed by atoms with Crippen LogP contribution in [0.4, 0.5) is 9.18 Å². The molecule has 1 aliphatic rings. The molecule has 0 bridgehead atoms. The predicted octanol–water partition coefficient (Wildman–Crippen LogP) is 1.39. The highest BCUT2D eigenvalue weighted by molar-refractivity contribution is 5.86. The first-order valence-corrected chi connectivity index (χ1v) is 7.52. The van der Waals surface area contributed by atoms with E-state index < -0.39 is 6.04 Å². The van der Waals surface area contributed by atoms with E-state index in [1.165, 1.54) is 17.0 Å². The molecule has 7 heteroatoms. The number of benzene rings is 1. The van der Waals surface area contributed by atoms with E-state index in [1.807, 2.05) is 0 Å². The minimum absolute atomic E-state index is 0.173. The Morgan fingerprint density at radius 2 is 2.17 bits per heavy atom. The summed E-state index contributed by atoms with van der Waals surface area (Å²) < 4.78 is 19.0. The standard InChI is InChI=1S/C16H22FN3O3/c1-11(15(21)19(2)3)18-16(22)20-7-8-23-14(10-20)12-5-4-6-13(17)9-12/h4-6,9,11,14H,7-8,10H2,1-3H3,(H,18,22)/t11-,14?/m0/s1. The van der Waals surface area contributed by atoms with Crippen LogP contribution in [-0.4, -0.2) is 61.6 Å². The van der Waals surface area contributed by atoms with Crippen molar-refractivity contribution in [3.05, 3.63) is 35.6 Å². The molecule has 2 rings (SSSR count). The lowest BCUT2D eigenvalue weighted by molar-refractivity contribution is -0.130. The molecular weight excluding hydrogens is 301 g/mol. The summed E-state index contributed by atoms with van der Waals surface area (Å²) in [5.74, 6) is -0.508. The Labute approximate surface area is 135 Å². The molecule has 1 aliphatic heterocycles. The summed E-state index contributed by atoms with van der Waals surface area (Å²) in [6.07, 6.45) is -0.370. The van der Waals surface area contributed by atoms with Gasteiger partial charge in [0.25, 0.3) is 0 Å². The smallest absolute Gasteiger partial charge is 0.318 e. The average molecular weight is 323 g/mol. The summed E-state index contributed by atoms with van der Waals surface area (Å²) in [6, 6.07) is 5.23. The highest BCUT2D eigenvalue weighted by Gasteiger charge is 2.27. The number of halogens is 1. The lowest BCUT2D eigenvalue weighted by Gasteiger charge is -2.34. The SMILES string of the molecule is C[C@H](NC(=O)N1CCOC(c2cccc(F)c2)C1)C(=O)N(C)C. The van der Waals surface area contributed by atoms with Crippen molar-refractivity contribution in [3.8, 4) is 0 Å². The van der Waals surface area contributed by atoms with Gasteiger partial charge in [0.1, 0.15) is 18.0 Å². The Hall–Kier alpha value is -2.15. The van der Waals surface area contributed by atoms with Gasteiger partial charge in [-0.3, -0.25) is 4.79 Å². The van der Waals surface area contributed by atoms with Gasteiger partial charge in [-0.2, -0.15) is 0 Å². The lowest BCUT2D eigenvalue weighted by Crippen LogP contribution is -2.52. The van der Waals surface area contributed by atoms with E-state index in [-0.39, 0.29) is 23.9 Å². The quantitative estimate of drug-likeness (QED) is 0.914. The van der Waals surface area contributed by atoms with Crippen molar-refractivity contribution >= 4 is 11.9 Å². The summed E-state index contributed by atoms with van der Waals surface area (Å²) in [5.41, 5.74) is 0.694. The van der Waals surface area contributed by atoms with Gasteiger partial charge in [0.15, 0.2) is 0 Å². The number of rotatable bonds is 3. The van der Waals surface area contributed by atoms with Gasteiger partial charge in [-0.05, 0) is 24.6 Å². The molecule has 1 aromatic carbocycles. The number of hydrogen-bond donors (Lipinski definition) is 1. The Morgan fingerprint density at radius 1 is 1.43 bits per heavy atom. The van der Waals surface area contributed by atoms with Crippen molar-refractivity contribution in [2.45, 2.75) is 19.1 Å². The molecule has 0 aliphatic carbocycles. The van der Waals surface area contributed by atoms with E-state index in [4.69, 9.17) is 4.74 Å². The molecule has 6 nitrogen and oxygen atoms in total. The third-order valence-corrected chi connectivity index (χ3v) is 3.73. The Bertz CT molecular complexity index is 579. The van der Waals surface area contributed by atoms with Crippen molar-refractivity contribution in [2.24, 2.45) is 0 Å². The van der Waals surface area contributed by atoms with Crippen molar-refractivity contribution in [1.29, 1.82) is 0 Å². The second kappa shape index (κ2) is 7.41. The second-order valence-corrected chi connectivity index (χ2v) is 5.76. The Morgan fingerprint density at radius 3 is 2.83 bits per heavy atom. The van der Waals surface area contributed by atoms with Crippen LogP contribution in [0.5, 0.6) is 0 Å². The van der Waals surface area contributed by atoms with Gasteiger partial charge in [0.05, 0.1) is 13.2 Å². The number of hydrogen-bond acceptors (Lipinski definition) is 3. The van der Waals surface area contributed by atoms with Crippen LogP contribution in [0, 0.1) is 5.82 Å². The van der Waals surface area contributed by atoms with Crippen LogP contribution in [0.1, 0.15) is 18.6 Å². The number of morpholine rings is 1. The summed E-state index contributed by atoms with van der Waals surface area (Å²) in [7, 11) is 3.28. The maximum absolute atomic E-state index is 13.3. The van der Waals surface area contributed by atoms with Gasteiger partial charge < -0.3 is 19.9 Å². The van der Waals surface area contributed by atoms with E-state index in [2.05, 4.69) is 5.32 Å². The zero-order chi connectivity index (χ0) is 17.0. The van der Waals surface area contributed by atoms with Gasteiger partial charge in [-0.15, -0.1) is 0 Å². The molecule has 1 aromatic rings. The molecule has 0 saturated carbocycles. The molecule has 3 amide bonds. The van der Waals surface area contributed by atoms with Crippen molar-refractivity contribution < 1.29 is 18.7 Å². The molecule has 1 fully saturated rings. The van der Waals surface area contributed by atoms with Crippen LogP contribution in [0.15, 0.2) is 24.3 Å². The summed E-state index contributed by atoms with van der Waals surface area (Å²) in [4.78, 5) is 27.1. The minimum atomic E-state index is -0.604. The molecule has 0 aromatic heterocycles. The highest BCUT2D eigenvalue weighted by Crippen LogP contribution is 2.22. The first kappa shape index (κ1) is 17.2. The maximum atomic E-state index is 13.3. The van der Waals surface area contributed by atoms with E-state index in [9.17, 15) is 14.0 Å². The van der Waals surface area contributed by atoms with Crippen LogP contribution >= 0.6 is 0 Å². The monoisotopic (exact) mass is 323 g/mol. The summed E-state index contributed by atoms with van der Waals surface area (Å²) >= 11 is 0. The summed E-state index contributed by atoms with van der Waals surface area (Å²) in [6.45, 7) is 2.76. The minimum Gasteiger partial charge on any atom is -0.370 e. The fraction of sp³-hybridized carbons (Fsp3) is 0.500. The molecule has 0 spiro atoms. The number of likely N-dealkylation sites (N-methyl/N-ethyl adjacent to an activating group) is 1. The maximum Gasteiger partial charge on any atom is 0.318 e. The number of carbonyl (C=O) groups is 2. The Kier molecular flexibility index (Phi) is 5.54. The van der Waals surface area contributed by atoms with Crippen LogP contribution in [0.25, 0.3) is 0 Å². The number of nitrogens with one attached hydrogen (secondary N) is 1. The van der Waals surface area contributed by atoms with Crippen molar-refractivity contribution in [3.63, 3.8) is 0 Å². The lowest BCUT2D eigenvalue weighted by atomic mass is 10.1. The fourth-order valence-electron chi connectivity index (χ4n) is 2.47. The zero-order valence-electron chi connectivity index (χ0n) is 13.6. The third-order valence-electron chi connectivity index (χ3n) is 3.73. The van der Waals surface area contributed by atoms with E-state index in [1.54, 1.807) is 38.1 Å². The van der Waals surface area contributed by atoms with Gasteiger partial charge in [0, 0.05) is 20.6 Å². The van der Waals surface area contributed by atoms with Gasteiger partial charge >= 0.3 is 6.03 Å². The van der Waals surface area contributed by atoms with Crippen LogP contribution in [0.3, 0.4) is 0 Å². The van der Waals surface area contributed by atoms with E-state index in [0.29, 0.717) is 25.3 Å². The fourth-order valence-corrected chi connectivity index (χ4v) is 2.47. The first-order chi connectivity index (χ1) is 10.9. The van der Waals surface area contributed by atoms with Crippen molar-refractivity contribution in [1.82, 2.24) is 15.1 Å². The Balaban J connectivity index is 1.98. The molecule has 1 N–H and O–H groups in total. The summed E-state index contributed by atoms with van der Waals surface area (Å²) in [5, 5.41) is 2.68. The van der Waals surface area contributed by atoms with Gasteiger partial charge in [0.2, 0.25) is 5.91 Å². The first-order valence-electron chi connectivity index (χ1n) is 7.52. The molecule has 1 heterocycles. The molecular formula is C16H22FN3O3. The van der Waals surface area contributed by atoms with E-state index in [0.717, 1.165) is 0 Å². The van der Waals surface area contributed by atoms with Gasteiger partial charge in [-0.25, -0.2) is 9.18 Å². The third kappa shape index (κ3) is 4.41. The number of ether oxygens (including phenoxy) is 1. The van der Waals surface area contributed by atoms with Crippen LogP contribution < -0.4 is 5.32 Å². The van der Waals surface area contributed by atoms with E-state index >= 15 is 0 Å². The molecule has 23 heavy (non-hydrogen) atoms. The van der Waals surface area contributed by atoms with Gasteiger partial charge in [-0.1, -0.05) is 12.1 Å². The zero-order valence-corrected chi connectivity index (χ0v) is 13.6. The number of urea groups is 1. The molecule has 0 radical (unpaired) electrons. The largest absolute Gasteiger partial charge is 0.370 e. The number of carbonyl (C=O) groups excluding carboxylic acids is 2. The number of amides is 3. The number of nitrogens with zero attached hydrogens (tertiary/aromatic N) is 2. The average Bonchev–Trinajstić information content (AvgIpc) is 2.54. The van der Waals surface area contributed by atoms with Crippen molar-refractivity contribution in [2.75, 3.05) is 33.8 Å². The van der Waals surface area contributed by atoms with Crippen LogP contribution in [-0.2, 0) is 9.53 Å². The molecule has 126 valence electrons. The normalized spacial score (nSPS) is 19.1. The van der Waals surface area contributed by atoms with Crippen LogP contribution in [0.2, 0.25) is 0 Å². The highest BCUT2D eigenvalue weighted by atomic mass is 19.1. The topological polar surface area (TPSA) is 61.9 Å². The molecule has 1 saturated heterocycles. The predicted molar refractivity (Wildman–Crippen MR) is 83.4 cm³/mol. The second-order valence-electron chi connectivity index (χ2n) is 5.76.